The first-order valence-corrected chi connectivity index (χ1v) is 12.9. The van der Waals surface area contributed by atoms with Gasteiger partial charge in [-0.3, -0.25) is 9.69 Å². The molecule has 1 unspecified atom stereocenters. The van der Waals surface area contributed by atoms with Gasteiger partial charge in [-0.05, 0) is 72.5 Å². The van der Waals surface area contributed by atoms with Crippen molar-refractivity contribution in [2.45, 2.75) is 30.9 Å². The minimum Gasteiger partial charge on any atom is -0.497 e. The summed E-state index contributed by atoms with van der Waals surface area (Å²) in [5, 5.41) is 0. The van der Waals surface area contributed by atoms with Gasteiger partial charge in [0.15, 0.2) is 0 Å². The molecule has 202 valence electrons. The van der Waals surface area contributed by atoms with Gasteiger partial charge in [-0.2, -0.15) is 0 Å². The van der Waals surface area contributed by atoms with E-state index in [1.165, 1.54) is 7.11 Å². The van der Waals surface area contributed by atoms with E-state index in [0.29, 0.717) is 19.6 Å². The van der Waals surface area contributed by atoms with Crippen molar-refractivity contribution in [3.63, 3.8) is 0 Å². The Bertz CT molecular complexity index is 1040. The first-order chi connectivity index (χ1) is 18.5. The van der Waals surface area contributed by atoms with Crippen LogP contribution < -0.4 is 14.2 Å². The fourth-order valence-corrected chi connectivity index (χ4v) is 5.24. The van der Waals surface area contributed by atoms with Gasteiger partial charge in [0.25, 0.3) is 0 Å². The number of methoxy groups -OCH3 is 4. The molecule has 7 nitrogen and oxygen atoms in total. The molecule has 0 saturated carbocycles. The molecule has 38 heavy (non-hydrogen) atoms. The zero-order valence-electron chi connectivity index (χ0n) is 22.6. The molecule has 1 heterocycles. The van der Waals surface area contributed by atoms with Crippen molar-refractivity contribution in [2.75, 3.05) is 48.1 Å². The number of hydrogen-bond donors (Lipinski definition) is 0. The zero-order valence-corrected chi connectivity index (χ0v) is 22.6. The number of benzene rings is 3. The molecule has 3 aromatic rings. The van der Waals surface area contributed by atoms with Crippen LogP contribution in [0.5, 0.6) is 17.2 Å². The summed E-state index contributed by atoms with van der Waals surface area (Å²) in [4.78, 5) is 14.3. The summed E-state index contributed by atoms with van der Waals surface area (Å²) in [7, 11) is 6.42. The molecular weight excluding hydrogens is 482 g/mol. The molecule has 1 fully saturated rings. The first-order valence-electron chi connectivity index (χ1n) is 12.9. The quantitative estimate of drug-likeness (QED) is 0.245. The molecule has 0 bridgehead atoms. The van der Waals surface area contributed by atoms with Crippen LogP contribution >= 0.6 is 0 Å². The summed E-state index contributed by atoms with van der Waals surface area (Å²) < 4.78 is 28.2. The van der Waals surface area contributed by atoms with Gasteiger partial charge < -0.3 is 23.7 Å². The van der Waals surface area contributed by atoms with Crippen LogP contribution in [0.1, 0.15) is 36.0 Å². The highest BCUT2D eigenvalue weighted by molar-refractivity contribution is 5.70. The second kappa shape index (κ2) is 12.8. The number of carbonyl (C=O) groups excluding carboxylic acids is 1. The predicted molar refractivity (Wildman–Crippen MR) is 146 cm³/mol. The van der Waals surface area contributed by atoms with Crippen molar-refractivity contribution >= 4 is 5.97 Å². The number of likely N-dealkylation sites (tertiary alicyclic amines) is 1. The molecular formula is C31H37NO6. The van der Waals surface area contributed by atoms with Crippen LogP contribution in [0.4, 0.5) is 0 Å². The molecule has 4 rings (SSSR count). The van der Waals surface area contributed by atoms with Crippen molar-refractivity contribution in [3.8, 4) is 17.2 Å². The summed E-state index contributed by atoms with van der Waals surface area (Å²) in [5.74, 6) is 2.14. The summed E-state index contributed by atoms with van der Waals surface area (Å²) >= 11 is 0. The van der Waals surface area contributed by atoms with Gasteiger partial charge in [0.2, 0.25) is 0 Å². The fraction of sp³-hybridized carbons (Fsp3) is 0.387. The molecule has 0 aromatic heterocycles. The van der Waals surface area contributed by atoms with Crippen molar-refractivity contribution < 1.29 is 28.5 Å². The molecule has 0 aliphatic carbocycles. The number of rotatable bonds is 12. The van der Waals surface area contributed by atoms with E-state index in [-0.39, 0.29) is 12.0 Å². The maximum absolute atomic E-state index is 11.9. The summed E-state index contributed by atoms with van der Waals surface area (Å²) in [6.07, 6.45) is 2.44. The lowest BCUT2D eigenvalue weighted by Crippen LogP contribution is -2.38. The third kappa shape index (κ3) is 5.95. The van der Waals surface area contributed by atoms with E-state index in [4.69, 9.17) is 23.7 Å². The van der Waals surface area contributed by atoms with E-state index >= 15 is 0 Å². The van der Waals surface area contributed by atoms with Crippen molar-refractivity contribution in [3.05, 3.63) is 89.5 Å². The minimum atomic E-state index is -0.900. The second-order valence-corrected chi connectivity index (χ2v) is 9.33. The molecule has 1 atom stereocenters. The van der Waals surface area contributed by atoms with E-state index < -0.39 is 5.60 Å². The standard InChI is InChI=1S/C31H37NO6/c1-34-27-13-7-23(8-14-27)31(24-9-15-28(35-2)16-10-24,25-11-17-29(36-3)18-12-25)38-21-20-32-19-5-6-26(32)22-30(33)37-4/h7-18,26H,5-6,19-22H2,1-4H3. The highest BCUT2D eigenvalue weighted by Gasteiger charge is 2.38. The SMILES string of the molecule is COC(=O)CC1CCCN1CCOC(c1ccc(OC)cc1)(c1ccc(OC)cc1)c1ccc(OC)cc1. The second-order valence-electron chi connectivity index (χ2n) is 9.33. The Morgan fingerprint density at radius 1 is 0.763 bits per heavy atom. The normalized spacial score (nSPS) is 15.7. The van der Waals surface area contributed by atoms with Crippen LogP contribution in [0.3, 0.4) is 0 Å². The number of ether oxygens (including phenoxy) is 5. The molecule has 0 radical (unpaired) electrons. The zero-order chi connectivity index (χ0) is 27.0. The summed E-state index contributed by atoms with van der Waals surface area (Å²) in [6.45, 7) is 2.10. The maximum atomic E-state index is 11.9. The Balaban J connectivity index is 1.73. The van der Waals surface area contributed by atoms with E-state index in [2.05, 4.69) is 4.90 Å². The maximum Gasteiger partial charge on any atom is 0.307 e. The van der Waals surface area contributed by atoms with Gasteiger partial charge in [-0.15, -0.1) is 0 Å². The molecule has 1 aliphatic heterocycles. The van der Waals surface area contributed by atoms with Crippen molar-refractivity contribution in [2.24, 2.45) is 0 Å². The third-order valence-corrected chi connectivity index (χ3v) is 7.32. The molecule has 0 N–H and O–H groups in total. The third-order valence-electron chi connectivity index (χ3n) is 7.32. The lowest BCUT2D eigenvalue weighted by molar-refractivity contribution is -0.141. The number of nitrogens with zero attached hydrogens (tertiary/aromatic N) is 1. The van der Waals surface area contributed by atoms with Crippen LogP contribution in [0.15, 0.2) is 72.8 Å². The molecule has 1 saturated heterocycles. The highest BCUT2D eigenvalue weighted by Crippen LogP contribution is 2.42. The van der Waals surface area contributed by atoms with E-state index in [1.54, 1.807) is 21.3 Å². The van der Waals surface area contributed by atoms with Gasteiger partial charge in [0.1, 0.15) is 22.8 Å². The molecule has 0 spiro atoms. The number of esters is 1. The van der Waals surface area contributed by atoms with Crippen molar-refractivity contribution in [1.82, 2.24) is 4.90 Å². The first kappa shape index (κ1) is 27.5. The lowest BCUT2D eigenvalue weighted by Gasteiger charge is -2.37. The van der Waals surface area contributed by atoms with Crippen LogP contribution in [0.2, 0.25) is 0 Å². The van der Waals surface area contributed by atoms with E-state index in [0.717, 1.165) is 53.3 Å². The molecule has 1 aliphatic rings. The lowest BCUT2D eigenvalue weighted by atomic mass is 9.80. The van der Waals surface area contributed by atoms with Crippen LogP contribution in [0.25, 0.3) is 0 Å². The van der Waals surface area contributed by atoms with Crippen LogP contribution in [0, 0.1) is 0 Å². The smallest absolute Gasteiger partial charge is 0.307 e. The topological polar surface area (TPSA) is 66.5 Å². The van der Waals surface area contributed by atoms with Crippen LogP contribution in [-0.2, 0) is 19.9 Å². The monoisotopic (exact) mass is 519 g/mol. The predicted octanol–water partition coefficient (Wildman–Crippen LogP) is 5.05. The average molecular weight is 520 g/mol. The van der Waals surface area contributed by atoms with Gasteiger partial charge in [0, 0.05) is 12.6 Å². The average Bonchev–Trinajstić information content (AvgIpc) is 3.42. The molecule has 7 heteroatoms. The van der Waals surface area contributed by atoms with Gasteiger partial charge >= 0.3 is 5.97 Å². The number of hydrogen-bond acceptors (Lipinski definition) is 7. The summed E-state index contributed by atoms with van der Waals surface area (Å²) in [5.41, 5.74) is 2.02. The number of carbonyl (C=O) groups is 1. The Morgan fingerprint density at radius 2 is 1.21 bits per heavy atom. The Morgan fingerprint density at radius 3 is 1.61 bits per heavy atom. The molecule has 3 aromatic carbocycles. The Labute approximate surface area is 225 Å². The fourth-order valence-electron chi connectivity index (χ4n) is 5.24. The van der Waals surface area contributed by atoms with Gasteiger partial charge in [-0.25, -0.2) is 0 Å². The highest BCUT2D eigenvalue weighted by atomic mass is 16.5. The van der Waals surface area contributed by atoms with Gasteiger partial charge in [-0.1, -0.05) is 36.4 Å². The minimum absolute atomic E-state index is 0.170. The van der Waals surface area contributed by atoms with Gasteiger partial charge in [0.05, 0.1) is 41.5 Å². The largest absolute Gasteiger partial charge is 0.497 e. The Hall–Kier alpha value is -3.55. The summed E-state index contributed by atoms with van der Waals surface area (Å²) in [6, 6.07) is 24.1. The van der Waals surface area contributed by atoms with E-state index in [1.807, 2.05) is 72.8 Å². The van der Waals surface area contributed by atoms with Crippen molar-refractivity contribution in [1.29, 1.82) is 0 Å². The van der Waals surface area contributed by atoms with Crippen LogP contribution in [-0.4, -0.2) is 65.0 Å². The Kier molecular flexibility index (Phi) is 9.26. The van der Waals surface area contributed by atoms with E-state index in [9.17, 15) is 4.79 Å². The molecule has 0 amide bonds.